The molecule has 1 rings (SSSR count). The minimum absolute atomic E-state index is 0.109. The zero-order chi connectivity index (χ0) is 11.5. The van der Waals surface area contributed by atoms with E-state index in [0.29, 0.717) is 0 Å². The van der Waals surface area contributed by atoms with Crippen molar-refractivity contribution in [3.8, 4) is 0 Å². The molecule has 0 saturated heterocycles. The van der Waals surface area contributed by atoms with E-state index < -0.39 is 5.60 Å². The third-order valence-corrected chi connectivity index (χ3v) is 2.34. The summed E-state index contributed by atoms with van der Waals surface area (Å²) in [6.07, 6.45) is 4.74. The van der Waals surface area contributed by atoms with Crippen LogP contribution in [-0.4, -0.2) is 24.8 Å². The normalized spacial score (nSPS) is 24.5. The van der Waals surface area contributed by atoms with Crippen molar-refractivity contribution in [1.29, 1.82) is 0 Å². The Balaban J connectivity index is 2.58. The van der Waals surface area contributed by atoms with Gasteiger partial charge in [0.2, 0.25) is 0 Å². The molecule has 0 spiro atoms. The fourth-order valence-electron chi connectivity index (χ4n) is 1.75. The Morgan fingerprint density at radius 3 is 2.67 bits per heavy atom. The lowest BCUT2D eigenvalue weighted by molar-refractivity contribution is -0.148. The van der Waals surface area contributed by atoms with E-state index in [4.69, 9.17) is 9.47 Å². The van der Waals surface area contributed by atoms with Crippen molar-refractivity contribution in [2.75, 3.05) is 7.11 Å². The van der Waals surface area contributed by atoms with Crippen molar-refractivity contribution >= 4 is 5.97 Å². The Hall–Kier alpha value is -0.830. The van der Waals surface area contributed by atoms with Gasteiger partial charge in [-0.2, -0.15) is 0 Å². The third-order valence-electron chi connectivity index (χ3n) is 2.34. The molecule has 1 fully saturated rings. The number of rotatable bonds is 2. The maximum atomic E-state index is 11.5. The Morgan fingerprint density at radius 1 is 1.47 bits per heavy atom. The van der Waals surface area contributed by atoms with E-state index in [2.05, 4.69) is 0 Å². The Bertz CT molecular complexity index is 261. The fraction of sp³-hybridized carbons (Fsp3) is 0.750. The van der Waals surface area contributed by atoms with Crippen LogP contribution in [0, 0.1) is 0 Å². The molecular weight excluding hydrogens is 192 g/mol. The molecule has 3 heteroatoms. The predicted molar refractivity (Wildman–Crippen MR) is 58.6 cm³/mol. The smallest absolute Gasteiger partial charge is 0.331 e. The van der Waals surface area contributed by atoms with Crippen LogP contribution in [0.1, 0.15) is 40.0 Å². The van der Waals surface area contributed by atoms with Gasteiger partial charge in [-0.25, -0.2) is 4.79 Å². The predicted octanol–water partition coefficient (Wildman–Crippen LogP) is 2.45. The number of methoxy groups -OCH3 is 1. The molecule has 15 heavy (non-hydrogen) atoms. The van der Waals surface area contributed by atoms with Gasteiger partial charge in [0.1, 0.15) is 5.60 Å². The molecule has 0 aliphatic heterocycles. The Kier molecular flexibility index (Phi) is 3.91. The molecule has 0 radical (unpaired) electrons. The van der Waals surface area contributed by atoms with E-state index in [1.165, 1.54) is 0 Å². The third kappa shape index (κ3) is 4.04. The van der Waals surface area contributed by atoms with E-state index >= 15 is 0 Å². The second kappa shape index (κ2) is 4.79. The van der Waals surface area contributed by atoms with Crippen LogP contribution in [0.4, 0.5) is 0 Å². The number of esters is 1. The van der Waals surface area contributed by atoms with Crippen LogP contribution in [0.2, 0.25) is 0 Å². The number of carbonyl (C=O) groups is 1. The molecular formula is C12H20O3. The molecule has 0 aromatic heterocycles. The number of carbonyl (C=O) groups excluding carboxylic acids is 1. The summed E-state index contributed by atoms with van der Waals surface area (Å²) in [4.78, 5) is 11.5. The van der Waals surface area contributed by atoms with E-state index in [0.717, 1.165) is 24.8 Å². The zero-order valence-electron chi connectivity index (χ0n) is 10.0. The molecule has 3 nitrogen and oxygen atoms in total. The van der Waals surface area contributed by atoms with Gasteiger partial charge in [-0.1, -0.05) is 0 Å². The van der Waals surface area contributed by atoms with Crippen molar-refractivity contribution < 1.29 is 14.3 Å². The minimum Gasteiger partial charge on any atom is -0.457 e. The van der Waals surface area contributed by atoms with Crippen molar-refractivity contribution in [2.45, 2.75) is 51.7 Å². The summed E-state index contributed by atoms with van der Waals surface area (Å²) in [7, 11) is 1.68. The highest BCUT2D eigenvalue weighted by Gasteiger charge is 2.22. The van der Waals surface area contributed by atoms with E-state index in [1.54, 1.807) is 13.2 Å². The van der Waals surface area contributed by atoms with Crippen LogP contribution in [0.15, 0.2) is 11.6 Å². The molecule has 1 aliphatic rings. The molecule has 0 amide bonds. The Morgan fingerprint density at radius 2 is 2.13 bits per heavy atom. The summed E-state index contributed by atoms with van der Waals surface area (Å²) in [5, 5.41) is 0. The number of hydrogen-bond donors (Lipinski definition) is 0. The summed E-state index contributed by atoms with van der Waals surface area (Å²) < 4.78 is 10.5. The topological polar surface area (TPSA) is 35.5 Å². The van der Waals surface area contributed by atoms with Gasteiger partial charge >= 0.3 is 5.97 Å². The summed E-state index contributed by atoms with van der Waals surface area (Å²) >= 11 is 0. The van der Waals surface area contributed by atoms with E-state index in [9.17, 15) is 4.79 Å². The van der Waals surface area contributed by atoms with Gasteiger partial charge in [0.15, 0.2) is 0 Å². The van der Waals surface area contributed by atoms with Crippen LogP contribution in [0.5, 0.6) is 0 Å². The second-order valence-corrected chi connectivity index (χ2v) is 4.87. The lowest BCUT2D eigenvalue weighted by Gasteiger charge is -2.18. The molecule has 0 N–H and O–H groups in total. The number of ether oxygens (including phenoxy) is 2. The second-order valence-electron chi connectivity index (χ2n) is 4.87. The minimum atomic E-state index is -0.421. The van der Waals surface area contributed by atoms with Gasteiger partial charge in [0.25, 0.3) is 0 Å². The van der Waals surface area contributed by atoms with Crippen LogP contribution < -0.4 is 0 Å². The van der Waals surface area contributed by atoms with Crippen molar-refractivity contribution in [3.63, 3.8) is 0 Å². The maximum Gasteiger partial charge on any atom is 0.331 e. The first-order valence-electron chi connectivity index (χ1n) is 5.38. The summed E-state index contributed by atoms with van der Waals surface area (Å²) in [6.45, 7) is 5.60. The summed E-state index contributed by atoms with van der Waals surface area (Å²) in [5.74, 6) is -0.263. The van der Waals surface area contributed by atoms with Gasteiger partial charge in [-0.05, 0) is 45.6 Å². The average Bonchev–Trinajstić information content (AvgIpc) is 2.48. The van der Waals surface area contributed by atoms with Crippen LogP contribution in [0.3, 0.4) is 0 Å². The highest BCUT2D eigenvalue weighted by atomic mass is 16.6. The largest absolute Gasteiger partial charge is 0.457 e. The first-order valence-corrected chi connectivity index (χ1v) is 5.38. The van der Waals surface area contributed by atoms with Gasteiger partial charge in [-0.3, -0.25) is 0 Å². The quantitative estimate of drug-likeness (QED) is 0.521. The number of hydrogen-bond acceptors (Lipinski definition) is 3. The molecule has 0 heterocycles. The van der Waals surface area contributed by atoms with Crippen LogP contribution in [-0.2, 0) is 14.3 Å². The maximum absolute atomic E-state index is 11.5. The standard InChI is InChI=1S/C12H20O3/c1-12(2,3)15-11(13)8-9-6-5-7-10(9)14-4/h8,10H,5-7H2,1-4H3/b9-8+. The molecule has 1 aliphatic carbocycles. The summed E-state index contributed by atoms with van der Waals surface area (Å²) in [5.41, 5.74) is 0.640. The van der Waals surface area contributed by atoms with Crippen molar-refractivity contribution in [2.24, 2.45) is 0 Å². The molecule has 1 saturated carbocycles. The summed E-state index contributed by atoms with van der Waals surface area (Å²) in [6, 6.07) is 0. The van der Waals surface area contributed by atoms with Gasteiger partial charge in [0, 0.05) is 13.2 Å². The Labute approximate surface area is 91.4 Å². The lowest BCUT2D eigenvalue weighted by atomic mass is 10.1. The van der Waals surface area contributed by atoms with Gasteiger partial charge in [-0.15, -0.1) is 0 Å². The van der Waals surface area contributed by atoms with Gasteiger partial charge < -0.3 is 9.47 Å². The highest BCUT2D eigenvalue weighted by Crippen LogP contribution is 2.27. The van der Waals surface area contributed by atoms with Crippen LogP contribution in [0.25, 0.3) is 0 Å². The fourth-order valence-corrected chi connectivity index (χ4v) is 1.75. The lowest BCUT2D eigenvalue weighted by Crippen LogP contribution is -2.23. The molecule has 86 valence electrons. The van der Waals surface area contributed by atoms with Crippen molar-refractivity contribution in [3.05, 3.63) is 11.6 Å². The van der Waals surface area contributed by atoms with Crippen molar-refractivity contribution in [1.82, 2.24) is 0 Å². The zero-order valence-corrected chi connectivity index (χ0v) is 10.0. The molecule has 1 unspecified atom stereocenters. The highest BCUT2D eigenvalue weighted by molar-refractivity contribution is 5.83. The first-order chi connectivity index (χ1) is 6.92. The van der Waals surface area contributed by atoms with Gasteiger partial charge in [0.05, 0.1) is 6.10 Å². The SMILES string of the molecule is COC1CCC/C1=C\C(=O)OC(C)(C)C. The molecule has 0 aromatic rings. The average molecular weight is 212 g/mol. The molecule has 0 aromatic carbocycles. The first kappa shape index (κ1) is 12.2. The van der Waals surface area contributed by atoms with Crippen LogP contribution >= 0.6 is 0 Å². The molecule has 0 bridgehead atoms. The van der Waals surface area contributed by atoms with E-state index in [1.807, 2.05) is 20.8 Å². The van der Waals surface area contributed by atoms with E-state index in [-0.39, 0.29) is 12.1 Å². The monoisotopic (exact) mass is 212 g/mol. The molecule has 1 atom stereocenters.